The van der Waals surface area contributed by atoms with Crippen molar-refractivity contribution in [1.82, 2.24) is 14.7 Å². The number of hydrogen-bond acceptors (Lipinski definition) is 10. The molecule has 4 atom stereocenters. The van der Waals surface area contributed by atoms with Crippen LogP contribution in [0.2, 0.25) is 5.02 Å². The van der Waals surface area contributed by atoms with Crippen molar-refractivity contribution >= 4 is 44.8 Å². The van der Waals surface area contributed by atoms with Crippen molar-refractivity contribution in [3.63, 3.8) is 0 Å². The Morgan fingerprint density at radius 2 is 2.08 bits per heavy atom. The summed E-state index contributed by atoms with van der Waals surface area (Å²) in [6.45, 7) is 1.85. The number of benzene rings is 1. The number of rotatable bonds is 9. The number of hydrogen-bond donors (Lipinski definition) is 4. The minimum Gasteiger partial charge on any atom is -0.391 e. The van der Waals surface area contributed by atoms with E-state index in [2.05, 4.69) is 24.2 Å². The molecule has 1 aliphatic carbocycles. The average molecular weight is 552 g/mol. The highest BCUT2D eigenvalue weighted by atomic mass is 35.5. The zero-order valence-electron chi connectivity index (χ0n) is 19.5. The van der Waals surface area contributed by atoms with E-state index in [1.165, 1.54) is 23.9 Å². The summed E-state index contributed by atoms with van der Waals surface area (Å²) in [5.74, 6) is 0.00850. The van der Waals surface area contributed by atoms with Crippen molar-refractivity contribution in [3.05, 3.63) is 74.8 Å². The smallest absolute Gasteiger partial charge is 0.335 e. The van der Waals surface area contributed by atoms with E-state index in [9.17, 15) is 18.3 Å². The van der Waals surface area contributed by atoms with Gasteiger partial charge in [-0.05, 0) is 54.5 Å². The number of aliphatic hydroxyl groups is 1. The van der Waals surface area contributed by atoms with Gasteiger partial charge in [-0.15, -0.1) is 11.3 Å². The second-order valence-electron chi connectivity index (χ2n) is 8.75. The van der Waals surface area contributed by atoms with Crippen molar-refractivity contribution in [2.75, 3.05) is 12.4 Å². The Balaban J connectivity index is 1.52. The van der Waals surface area contributed by atoms with Gasteiger partial charge in [-0.3, -0.25) is 8.98 Å². The zero-order valence-corrected chi connectivity index (χ0v) is 21.9. The Kier molecular flexibility index (Phi) is 7.76. The number of halogens is 1. The van der Waals surface area contributed by atoms with Gasteiger partial charge in [-0.1, -0.05) is 23.7 Å². The lowest BCUT2D eigenvalue weighted by Crippen LogP contribution is -2.40. The first-order valence-electron chi connectivity index (χ1n) is 11.0. The van der Waals surface area contributed by atoms with Gasteiger partial charge < -0.3 is 16.2 Å². The lowest BCUT2D eigenvalue weighted by molar-refractivity contribution is 0.104. The molecule has 5 N–H and O–H groups in total. The van der Waals surface area contributed by atoms with Crippen LogP contribution in [0.5, 0.6) is 0 Å². The first kappa shape index (κ1) is 26.6. The van der Waals surface area contributed by atoms with Gasteiger partial charge in [0.25, 0.3) is 0 Å². The Morgan fingerprint density at radius 1 is 1.31 bits per heavy atom. The second kappa shape index (κ2) is 10.5. The van der Waals surface area contributed by atoms with Crippen LogP contribution >= 0.6 is 22.9 Å². The molecule has 13 heteroatoms. The van der Waals surface area contributed by atoms with E-state index in [1.807, 2.05) is 24.4 Å². The van der Waals surface area contributed by atoms with E-state index in [4.69, 9.17) is 17.3 Å². The van der Waals surface area contributed by atoms with Gasteiger partial charge in [0.2, 0.25) is 5.78 Å². The third kappa shape index (κ3) is 5.75. The highest BCUT2D eigenvalue weighted by Gasteiger charge is 2.36. The predicted octanol–water partition coefficient (Wildman–Crippen LogP) is 2.43. The number of carbonyl (C=O) groups excluding carboxylic acids is 1. The van der Waals surface area contributed by atoms with Gasteiger partial charge in [0.15, 0.2) is 0 Å². The van der Waals surface area contributed by atoms with E-state index >= 15 is 0 Å². The largest absolute Gasteiger partial charge is 0.391 e. The first-order valence-corrected chi connectivity index (χ1v) is 13.7. The molecular weight excluding hydrogens is 526 g/mol. The van der Waals surface area contributed by atoms with Gasteiger partial charge >= 0.3 is 10.3 Å². The Labute approximate surface area is 218 Å². The van der Waals surface area contributed by atoms with Crippen molar-refractivity contribution in [2.45, 2.75) is 43.5 Å². The van der Waals surface area contributed by atoms with E-state index in [1.54, 1.807) is 18.2 Å². The molecule has 0 radical (unpaired) electrons. The molecule has 2 aromatic heterocycles. The van der Waals surface area contributed by atoms with Crippen LogP contribution in [-0.4, -0.2) is 54.6 Å². The lowest BCUT2D eigenvalue weighted by Gasteiger charge is -2.24. The maximum Gasteiger partial charge on any atom is 0.335 e. The highest BCUT2D eigenvalue weighted by Crippen LogP contribution is 2.33. The van der Waals surface area contributed by atoms with Crippen LogP contribution in [0, 0.1) is 0 Å². The minimum atomic E-state index is -3.96. The fourth-order valence-corrected chi connectivity index (χ4v) is 6.03. The number of ketones is 1. The molecule has 192 valence electrons. The zero-order chi connectivity index (χ0) is 26.1. The number of carbonyl (C=O) groups is 1. The quantitative estimate of drug-likeness (QED) is 0.293. The fraction of sp³-hybridized carbons (Fsp3) is 0.348. The van der Waals surface area contributed by atoms with Crippen LogP contribution in [0.25, 0.3) is 0 Å². The molecule has 1 saturated carbocycles. The topological polar surface area (TPSA) is 157 Å². The van der Waals surface area contributed by atoms with Crippen molar-refractivity contribution in [2.24, 2.45) is 5.73 Å². The maximum atomic E-state index is 13.4. The number of nitrogens with two attached hydrogens (primary N) is 1. The van der Waals surface area contributed by atoms with Crippen molar-refractivity contribution < 1.29 is 22.5 Å². The number of nitrogens with one attached hydrogen (secondary N) is 2. The summed E-state index contributed by atoms with van der Waals surface area (Å²) in [4.78, 5) is 22.1. The third-order valence-corrected chi connectivity index (χ3v) is 8.38. The van der Waals surface area contributed by atoms with Crippen LogP contribution < -0.4 is 15.8 Å². The molecule has 0 amide bonds. The highest BCUT2D eigenvalue weighted by molar-refractivity contribution is 7.84. The summed E-state index contributed by atoms with van der Waals surface area (Å²) in [6.07, 6.45) is 2.33. The number of aliphatic hydroxyl groups excluding tert-OH is 1. The molecule has 4 rings (SSSR count). The number of aromatic nitrogens is 2. The maximum absolute atomic E-state index is 13.4. The fourth-order valence-electron chi connectivity index (χ4n) is 4.14. The molecule has 3 aromatic rings. The summed E-state index contributed by atoms with van der Waals surface area (Å²) in [5, 5.41) is 15.9. The van der Waals surface area contributed by atoms with Crippen LogP contribution in [-0.2, 0) is 20.0 Å². The van der Waals surface area contributed by atoms with E-state index < -0.39 is 28.0 Å². The molecule has 10 nitrogen and oxygen atoms in total. The standard InChI is InChI=1S/C23H26ClN5O5S2/c1-23(25,13-4-3-5-15(24)6-13)14-7-20(35-11-14)21(31)17-10-26-12-27-22(17)28-16-8-18(19(30)9-16)29-36(32,33)34-2/h3-7,10-12,16,18-19,29-30H,8-9,25H2,1-2H3,(H,26,27,28)/t16-,18-,19+,23+/m1/s1. The van der Waals surface area contributed by atoms with Crippen LogP contribution in [0.4, 0.5) is 5.82 Å². The first-order chi connectivity index (χ1) is 17.0. The summed E-state index contributed by atoms with van der Waals surface area (Å²) < 4.78 is 30.1. The number of thiophene rings is 1. The van der Waals surface area contributed by atoms with Crippen LogP contribution in [0.1, 0.15) is 46.1 Å². The molecule has 0 aliphatic heterocycles. The lowest BCUT2D eigenvalue weighted by atomic mass is 9.87. The van der Waals surface area contributed by atoms with Gasteiger partial charge in [0, 0.05) is 17.3 Å². The van der Waals surface area contributed by atoms with E-state index in [0.717, 1.165) is 18.2 Å². The monoisotopic (exact) mass is 551 g/mol. The normalized spacial score (nSPS) is 21.8. The molecule has 0 saturated heterocycles. The average Bonchev–Trinajstić information content (AvgIpc) is 3.46. The van der Waals surface area contributed by atoms with Gasteiger partial charge in [-0.25, -0.2) is 9.97 Å². The third-order valence-electron chi connectivity index (χ3n) is 6.19. The van der Waals surface area contributed by atoms with Gasteiger partial charge in [0.05, 0.1) is 35.2 Å². The Morgan fingerprint density at radius 3 is 2.81 bits per heavy atom. The second-order valence-corrected chi connectivity index (χ2v) is 11.6. The number of nitrogens with zero attached hydrogens (tertiary/aromatic N) is 2. The molecular formula is C23H26ClN5O5S2. The molecule has 0 bridgehead atoms. The Bertz CT molecular complexity index is 1360. The van der Waals surface area contributed by atoms with Crippen molar-refractivity contribution in [3.8, 4) is 0 Å². The summed E-state index contributed by atoms with van der Waals surface area (Å²) >= 11 is 7.40. The molecule has 1 fully saturated rings. The van der Waals surface area contributed by atoms with Gasteiger partial charge in [-0.2, -0.15) is 13.1 Å². The number of anilines is 1. The predicted molar refractivity (Wildman–Crippen MR) is 137 cm³/mol. The molecule has 1 aliphatic rings. The summed E-state index contributed by atoms with van der Waals surface area (Å²) in [6, 6.07) is 7.95. The summed E-state index contributed by atoms with van der Waals surface area (Å²) in [5.41, 5.74) is 7.58. The summed E-state index contributed by atoms with van der Waals surface area (Å²) in [7, 11) is -2.92. The molecule has 0 spiro atoms. The van der Waals surface area contributed by atoms with Crippen molar-refractivity contribution in [1.29, 1.82) is 0 Å². The Hall–Kier alpha value is -2.45. The molecule has 2 heterocycles. The van der Waals surface area contributed by atoms with E-state index in [0.29, 0.717) is 15.7 Å². The van der Waals surface area contributed by atoms with E-state index in [-0.39, 0.29) is 30.2 Å². The van der Waals surface area contributed by atoms with Crippen LogP contribution in [0.3, 0.4) is 0 Å². The minimum absolute atomic E-state index is 0.253. The van der Waals surface area contributed by atoms with Gasteiger partial charge in [0.1, 0.15) is 12.1 Å². The van der Waals surface area contributed by atoms with Crippen LogP contribution in [0.15, 0.2) is 48.2 Å². The SMILES string of the molecule is COS(=O)(=O)N[C@@H]1C[C@@H](Nc2ncncc2C(=O)c2cc([C@@](C)(N)c3cccc(Cl)c3)cs2)C[C@@H]1O. The molecule has 1 aromatic carbocycles. The molecule has 0 unspecified atom stereocenters. The molecule has 36 heavy (non-hydrogen) atoms.